The first-order valence-corrected chi connectivity index (χ1v) is 8.71. The van der Waals surface area contributed by atoms with Gasteiger partial charge >= 0.3 is 0 Å². The number of anilines is 3. The van der Waals surface area contributed by atoms with E-state index in [-0.39, 0.29) is 5.91 Å². The molecule has 9 heteroatoms. The molecule has 3 aromatic rings. The van der Waals surface area contributed by atoms with Gasteiger partial charge in [0.25, 0.3) is 5.91 Å². The highest BCUT2D eigenvalue weighted by molar-refractivity contribution is 6.02. The van der Waals surface area contributed by atoms with Crippen molar-refractivity contribution in [1.82, 2.24) is 19.6 Å². The third-order valence-corrected chi connectivity index (χ3v) is 4.47. The van der Waals surface area contributed by atoms with Crippen LogP contribution in [0.1, 0.15) is 16.9 Å². The summed E-state index contributed by atoms with van der Waals surface area (Å²) < 4.78 is 15.0. The Kier molecular flexibility index (Phi) is 4.35. The zero-order valence-electron chi connectivity index (χ0n) is 15.1. The second-order valence-corrected chi connectivity index (χ2v) is 6.67. The molecule has 1 amide bonds. The van der Waals surface area contributed by atoms with Crippen LogP contribution in [0.4, 0.5) is 21.8 Å². The second kappa shape index (κ2) is 6.82. The number of carbonyl (C=O) groups is 1. The fraction of sp³-hybridized carbons (Fsp3) is 0.333. The number of nitrogens with zero attached hydrogens (tertiary/aromatic N) is 6. The number of halogens is 1. The van der Waals surface area contributed by atoms with Crippen molar-refractivity contribution < 1.29 is 9.18 Å². The Labute approximate surface area is 155 Å². The van der Waals surface area contributed by atoms with Crippen LogP contribution in [0.5, 0.6) is 0 Å². The average Bonchev–Trinajstić information content (AvgIpc) is 3.27. The van der Waals surface area contributed by atoms with E-state index in [0.29, 0.717) is 42.5 Å². The van der Waals surface area contributed by atoms with E-state index >= 15 is 0 Å². The van der Waals surface area contributed by atoms with E-state index in [1.54, 1.807) is 18.2 Å². The van der Waals surface area contributed by atoms with E-state index in [1.807, 2.05) is 36.0 Å². The highest BCUT2D eigenvalue weighted by Crippen LogP contribution is 2.21. The maximum absolute atomic E-state index is 13.5. The van der Waals surface area contributed by atoms with Gasteiger partial charge in [0, 0.05) is 20.6 Å². The summed E-state index contributed by atoms with van der Waals surface area (Å²) in [7, 11) is 3.76. The number of alkyl halides is 1. The quantitative estimate of drug-likeness (QED) is 0.758. The highest BCUT2D eigenvalue weighted by Gasteiger charge is 2.24. The maximum Gasteiger partial charge on any atom is 0.277 e. The third-order valence-electron chi connectivity index (χ3n) is 4.47. The minimum absolute atomic E-state index is 0.292. The predicted octanol–water partition coefficient (Wildman–Crippen LogP) is 1.99. The zero-order chi connectivity index (χ0) is 19.0. The van der Waals surface area contributed by atoms with Crippen LogP contribution in [0, 0.1) is 0 Å². The molecule has 1 aliphatic rings. The van der Waals surface area contributed by atoms with Crippen LogP contribution in [-0.4, -0.2) is 58.8 Å². The minimum atomic E-state index is -0.844. The van der Waals surface area contributed by atoms with E-state index in [4.69, 9.17) is 0 Å². The Balaban J connectivity index is 1.61. The molecule has 0 radical (unpaired) electrons. The largest absolute Gasteiger partial charge is 0.363 e. The number of aromatic nitrogens is 4. The van der Waals surface area contributed by atoms with Crippen molar-refractivity contribution in [1.29, 1.82) is 0 Å². The molecular weight excluding hydrogens is 349 g/mol. The molecule has 0 saturated carbocycles. The van der Waals surface area contributed by atoms with Crippen molar-refractivity contribution in [2.75, 3.05) is 42.3 Å². The second-order valence-electron chi connectivity index (χ2n) is 6.67. The van der Waals surface area contributed by atoms with Gasteiger partial charge < -0.3 is 15.1 Å². The van der Waals surface area contributed by atoms with Gasteiger partial charge in [-0.1, -0.05) is 6.07 Å². The summed E-state index contributed by atoms with van der Waals surface area (Å²) in [4.78, 5) is 25.1. The van der Waals surface area contributed by atoms with Crippen LogP contribution in [0.15, 0.2) is 36.5 Å². The molecule has 3 aromatic heterocycles. The first-order valence-electron chi connectivity index (χ1n) is 8.71. The van der Waals surface area contributed by atoms with E-state index < -0.39 is 6.17 Å². The van der Waals surface area contributed by atoms with Gasteiger partial charge in [-0.15, -0.1) is 5.10 Å². The Bertz CT molecular complexity index is 987. The molecule has 0 bridgehead atoms. The van der Waals surface area contributed by atoms with Crippen LogP contribution >= 0.6 is 0 Å². The van der Waals surface area contributed by atoms with Crippen molar-refractivity contribution >= 4 is 29.0 Å². The smallest absolute Gasteiger partial charge is 0.277 e. The summed E-state index contributed by atoms with van der Waals surface area (Å²) in [6.07, 6.45) is 1.12. The van der Waals surface area contributed by atoms with Crippen LogP contribution in [-0.2, 0) is 0 Å². The molecule has 0 aliphatic carbocycles. The number of imidazole rings is 1. The van der Waals surface area contributed by atoms with E-state index in [2.05, 4.69) is 20.4 Å². The van der Waals surface area contributed by atoms with E-state index in [0.717, 1.165) is 5.82 Å². The Hall–Kier alpha value is -3.23. The van der Waals surface area contributed by atoms with Crippen LogP contribution in [0.2, 0.25) is 0 Å². The number of hydrogen-bond donors (Lipinski definition) is 1. The molecule has 1 aliphatic heterocycles. The molecular formula is C18H20FN7O. The molecule has 8 nitrogen and oxygen atoms in total. The fourth-order valence-electron chi connectivity index (χ4n) is 3.04. The number of amides is 1. The number of fused-ring (bicyclic) bond motifs is 1. The van der Waals surface area contributed by atoms with Gasteiger partial charge in [0.05, 0.1) is 12.7 Å². The van der Waals surface area contributed by atoms with Crippen molar-refractivity contribution in [3.8, 4) is 0 Å². The molecule has 0 spiro atoms. The van der Waals surface area contributed by atoms with Gasteiger partial charge in [0.1, 0.15) is 23.6 Å². The lowest BCUT2D eigenvalue weighted by Gasteiger charge is -2.16. The van der Waals surface area contributed by atoms with Gasteiger partial charge in [0.15, 0.2) is 11.3 Å². The Morgan fingerprint density at radius 2 is 2.15 bits per heavy atom. The highest BCUT2D eigenvalue weighted by atomic mass is 19.1. The monoisotopic (exact) mass is 369 g/mol. The number of rotatable bonds is 4. The Morgan fingerprint density at radius 3 is 2.89 bits per heavy atom. The third kappa shape index (κ3) is 3.40. The number of nitrogens with one attached hydrogen (secondary N) is 1. The van der Waals surface area contributed by atoms with E-state index in [1.165, 1.54) is 10.7 Å². The lowest BCUT2D eigenvalue weighted by Crippen LogP contribution is -2.23. The van der Waals surface area contributed by atoms with Gasteiger partial charge in [-0.05, 0) is 30.7 Å². The molecule has 1 fully saturated rings. The van der Waals surface area contributed by atoms with Gasteiger partial charge in [0.2, 0.25) is 0 Å². The summed E-state index contributed by atoms with van der Waals surface area (Å²) in [5, 5.41) is 7.26. The van der Waals surface area contributed by atoms with Crippen LogP contribution < -0.4 is 15.1 Å². The average molecular weight is 369 g/mol. The summed E-state index contributed by atoms with van der Waals surface area (Å²) in [5.41, 5.74) is 0.842. The summed E-state index contributed by atoms with van der Waals surface area (Å²) in [6.45, 7) is 0.924. The predicted molar refractivity (Wildman–Crippen MR) is 101 cm³/mol. The van der Waals surface area contributed by atoms with Crippen molar-refractivity contribution in [3.05, 3.63) is 42.2 Å². The van der Waals surface area contributed by atoms with Crippen molar-refractivity contribution in [3.63, 3.8) is 0 Å². The molecule has 4 rings (SSSR count). The summed E-state index contributed by atoms with van der Waals surface area (Å²) in [6, 6.07) is 8.97. The number of hydrogen-bond acceptors (Lipinski definition) is 6. The zero-order valence-corrected chi connectivity index (χ0v) is 15.1. The molecule has 27 heavy (non-hydrogen) atoms. The lowest BCUT2D eigenvalue weighted by molar-refractivity contribution is 0.102. The molecule has 1 atom stereocenters. The maximum atomic E-state index is 13.5. The molecule has 0 unspecified atom stereocenters. The Morgan fingerprint density at radius 1 is 1.30 bits per heavy atom. The lowest BCUT2D eigenvalue weighted by atomic mass is 10.3. The molecule has 4 heterocycles. The first-order chi connectivity index (χ1) is 13.0. The minimum Gasteiger partial charge on any atom is -0.363 e. The SMILES string of the molecule is CN(C)c1cccc(NC(=O)c2cnc3ccc(N4CC[C@H](F)C4)nn23)n1. The topological polar surface area (TPSA) is 78.7 Å². The first kappa shape index (κ1) is 17.2. The van der Waals surface area contributed by atoms with Crippen molar-refractivity contribution in [2.24, 2.45) is 0 Å². The fourth-order valence-corrected chi connectivity index (χ4v) is 3.04. The molecule has 0 aromatic carbocycles. The van der Waals surface area contributed by atoms with Crippen molar-refractivity contribution in [2.45, 2.75) is 12.6 Å². The van der Waals surface area contributed by atoms with Gasteiger partial charge in [-0.25, -0.2) is 18.9 Å². The molecule has 1 saturated heterocycles. The van der Waals surface area contributed by atoms with E-state index in [9.17, 15) is 9.18 Å². The summed E-state index contributed by atoms with van der Waals surface area (Å²) >= 11 is 0. The number of carbonyl (C=O) groups excluding carboxylic acids is 1. The standard InChI is InChI=1S/C18H20FN7O/c1-24(2)16-5-3-4-14(21-16)22-18(27)13-10-20-15-6-7-17(23-26(13)15)25-9-8-12(19)11-25/h3-7,10,12H,8-9,11H2,1-2H3,(H,21,22,27)/t12-/m0/s1. The van der Waals surface area contributed by atoms with Gasteiger partial charge in [-0.3, -0.25) is 4.79 Å². The number of pyridine rings is 1. The molecule has 1 N–H and O–H groups in total. The summed E-state index contributed by atoms with van der Waals surface area (Å²) in [5.74, 6) is 1.45. The molecule has 140 valence electrons. The normalized spacial score (nSPS) is 16.7. The van der Waals surface area contributed by atoms with Gasteiger partial charge in [-0.2, -0.15) is 0 Å². The van der Waals surface area contributed by atoms with Crippen LogP contribution in [0.3, 0.4) is 0 Å². The van der Waals surface area contributed by atoms with Crippen LogP contribution in [0.25, 0.3) is 5.65 Å².